The van der Waals surface area contributed by atoms with Crippen LogP contribution in [0.3, 0.4) is 0 Å². The first-order valence-electron chi connectivity index (χ1n) is 6.97. The van der Waals surface area contributed by atoms with Crippen LogP contribution in [0.1, 0.15) is 17.6 Å². The Labute approximate surface area is 141 Å². The molecule has 0 saturated carbocycles. The van der Waals surface area contributed by atoms with Gasteiger partial charge in [0.15, 0.2) is 0 Å². The Balaban J connectivity index is 1.56. The smallest absolute Gasteiger partial charge is 0.233 e. The maximum absolute atomic E-state index is 12.2. The Hall–Kier alpha value is -2.13. The monoisotopic (exact) mass is 349 g/mol. The minimum atomic E-state index is -0.295. The third-order valence-electron chi connectivity index (χ3n) is 3.05. The largest absolute Gasteiger partial charge is 0.467 e. The highest BCUT2D eigenvalue weighted by Gasteiger charge is 2.18. The number of thioether (sulfide) groups is 1. The summed E-state index contributed by atoms with van der Waals surface area (Å²) in [5, 5.41) is 16.8. The molecular formula is C14H15N5O2S2. The van der Waals surface area contributed by atoms with Crippen LogP contribution in [-0.2, 0) is 17.9 Å². The van der Waals surface area contributed by atoms with E-state index in [9.17, 15) is 4.79 Å². The molecule has 0 spiro atoms. The Bertz CT molecular complexity index is 739. The number of amides is 1. The Morgan fingerprint density at radius 2 is 2.39 bits per heavy atom. The number of tetrazole rings is 1. The van der Waals surface area contributed by atoms with Crippen molar-refractivity contribution < 1.29 is 9.21 Å². The van der Waals surface area contributed by atoms with Crippen LogP contribution >= 0.6 is 23.1 Å². The van der Waals surface area contributed by atoms with Crippen molar-refractivity contribution in [2.75, 3.05) is 0 Å². The van der Waals surface area contributed by atoms with Crippen molar-refractivity contribution >= 4 is 29.0 Å². The number of carbonyl (C=O) groups is 1. The van der Waals surface area contributed by atoms with E-state index in [1.54, 1.807) is 22.3 Å². The number of hydrogen-bond acceptors (Lipinski definition) is 7. The molecule has 3 rings (SSSR count). The summed E-state index contributed by atoms with van der Waals surface area (Å²) in [7, 11) is 0. The standard InChI is InChI=1S/C14H15N5O2S2/c1-10(13(20)15-8-12-5-3-7-22-12)23-14-16-17-18-19(14)9-11-4-2-6-21-11/h2-7,10H,8-9H2,1H3,(H,15,20). The summed E-state index contributed by atoms with van der Waals surface area (Å²) in [6.07, 6.45) is 1.60. The van der Waals surface area contributed by atoms with E-state index in [1.165, 1.54) is 11.8 Å². The van der Waals surface area contributed by atoms with Crippen LogP contribution in [0.4, 0.5) is 0 Å². The van der Waals surface area contributed by atoms with E-state index < -0.39 is 0 Å². The van der Waals surface area contributed by atoms with Gasteiger partial charge in [-0.1, -0.05) is 17.8 Å². The molecule has 3 heterocycles. The van der Waals surface area contributed by atoms with Gasteiger partial charge in [-0.15, -0.1) is 16.4 Å². The molecular weight excluding hydrogens is 334 g/mol. The first-order chi connectivity index (χ1) is 11.2. The second kappa shape index (κ2) is 7.42. The summed E-state index contributed by atoms with van der Waals surface area (Å²) in [5.41, 5.74) is 0. The molecule has 9 heteroatoms. The molecule has 3 aromatic heterocycles. The van der Waals surface area contributed by atoms with Crippen LogP contribution in [0.2, 0.25) is 0 Å². The molecule has 1 atom stereocenters. The molecule has 7 nitrogen and oxygen atoms in total. The van der Waals surface area contributed by atoms with Crippen molar-refractivity contribution in [3.05, 3.63) is 46.5 Å². The maximum Gasteiger partial charge on any atom is 0.233 e. The summed E-state index contributed by atoms with van der Waals surface area (Å²) in [4.78, 5) is 13.3. The van der Waals surface area contributed by atoms with Crippen LogP contribution in [0.5, 0.6) is 0 Å². The lowest BCUT2D eigenvalue weighted by Crippen LogP contribution is -2.30. The third-order valence-corrected chi connectivity index (χ3v) is 5.00. The van der Waals surface area contributed by atoms with Crippen LogP contribution in [0.25, 0.3) is 0 Å². The van der Waals surface area contributed by atoms with Crippen LogP contribution < -0.4 is 5.32 Å². The molecule has 0 aliphatic heterocycles. The SMILES string of the molecule is CC(Sc1nnnn1Cc1ccco1)C(=O)NCc1cccs1. The Morgan fingerprint density at radius 1 is 1.48 bits per heavy atom. The molecule has 23 heavy (non-hydrogen) atoms. The third kappa shape index (κ3) is 4.20. The van der Waals surface area contributed by atoms with Gasteiger partial charge in [0.25, 0.3) is 0 Å². The molecule has 3 aromatic rings. The normalized spacial score (nSPS) is 12.2. The van der Waals surface area contributed by atoms with Crippen molar-refractivity contribution in [2.45, 2.75) is 30.4 Å². The molecule has 0 saturated heterocycles. The highest BCUT2D eigenvalue weighted by atomic mass is 32.2. The van der Waals surface area contributed by atoms with Gasteiger partial charge in [0.05, 0.1) is 18.1 Å². The van der Waals surface area contributed by atoms with E-state index >= 15 is 0 Å². The number of nitrogens with zero attached hydrogens (tertiary/aromatic N) is 4. The lowest BCUT2D eigenvalue weighted by Gasteiger charge is -2.10. The Morgan fingerprint density at radius 3 is 3.13 bits per heavy atom. The lowest BCUT2D eigenvalue weighted by molar-refractivity contribution is -0.120. The second-order valence-corrected chi connectivity index (χ2v) is 7.10. The minimum absolute atomic E-state index is 0.0454. The van der Waals surface area contributed by atoms with Gasteiger partial charge in [0, 0.05) is 4.88 Å². The molecule has 1 unspecified atom stereocenters. The number of thiophene rings is 1. The average Bonchev–Trinajstić information content (AvgIpc) is 3.28. The minimum Gasteiger partial charge on any atom is -0.467 e. The number of furan rings is 1. The van der Waals surface area contributed by atoms with Gasteiger partial charge in [0.2, 0.25) is 11.1 Å². The fourth-order valence-electron chi connectivity index (χ4n) is 1.87. The van der Waals surface area contributed by atoms with Crippen molar-refractivity contribution in [1.29, 1.82) is 0 Å². The van der Waals surface area contributed by atoms with Gasteiger partial charge in [0.1, 0.15) is 12.3 Å². The molecule has 0 fully saturated rings. The molecule has 0 radical (unpaired) electrons. The van der Waals surface area contributed by atoms with Gasteiger partial charge >= 0.3 is 0 Å². The highest BCUT2D eigenvalue weighted by Crippen LogP contribution is 2.21. The first kappa shape index (κ1) is 15.8. The fraction of sp³-hybridized carbons (Fsp3) is 0.286. The molecule has 0 aliphatic rings. The zero-order valence-electron chi connectivity index (χ0n) is 12.4. The zero-order chi connectivity index (χ0) is 16.1. The van der Waals surface area contributed by atoms with Crippen molar-refractivity contribution in [2.24, 2.45) is 0 Å². The average molecular weight is 349 g/mol. The zero-order valence-corrected chi connectivity index (χ0v) is 14.0. The highest BCUT2D eigenvalue weighted by molar-refractivity contribution is 8.00. The van der Waals surface area contributed by atoms with Gasteiger partial charge in [-0.2, -0.15) is 0 Å². The molecule has 0 aromatic carbocycles. The summed E-state index contributed by atoms with van der Waals surface area (Å²) in [5.74, 6) is 0.713. The quantitative estimate of drug-likeness (QED) is 0.658. The molecule has 120 valence electrons. The second-order valence-electron chi connectivity index (χ2n) is 4.76. The summed E-state index contributed by atoms with van der Waals surface area (Å²) in [6.45, 7) is 2.81. The van der Waals surface area contributed by atoms with E-state index in [1.807, 2.05) is 36.6 Å². The van der Waals surface area contributed by atoms with E-state index in [0.717, 1.165) is 10.6 Å². The molecule has 1 N–H and O–H groups in total. The Kier molecular flexibility index (Phi) is 5.09. The van der Waals surface area contributed by atoms with Gasteiger partial charge in [-0.25, -0.2) is 4.68 Å². The summed E-state index contributed by atoms with van der Waals surface area (Å²) >= 11 is 2.94. The number of carbonyl (C=O) groups excluding carboxylic acids is 1. The summed E-state index contributed by atoms with van der Waals surface area (Å²) in [6, 6.07) is 7.63. The van der Waals surface area contributed by atoms with Crippen LogP contribution in [-0.4, -0.2) is 31.4 Å². The lowest BCUT2D eigenvalue weighted by atomic mass is 10.4. The molecule has 0 bridgehead atoms. The van der Waals surface area contributed by atoms with Crippen molar-refractivity contribution in [3.63, 3.8) is 0 Å². The predicted molar refractivity (Wildman–Crippen MR) is 87.1 cm³/mol. The topological polar surface area (TPSA) is 85.8 Å². The van der Waals surface area contributed by atoms with Crippen LogP contribution in [0.15, 0.2) is 45.5 Å². The van der Waals surface area contributed by atoms with Crippen molar-refractivity contribution in [3.8, 4) is 0 Å². The molecule has 0 aliphatic carbocycles. The number of hydrogen-bond donors (Lipinski definition) is 1. The first-order valence-corrected chi connectivity index (χ1v) is 8.73. The number of aromatic nitrogens is 4. The number of nitrogens with one attached hydrogen (secondary N) is 1. The van der Waals surface area contributed by atoms with Gasteiger partial charge in [-0.05, 0) is 40.9 Å². The maximum atomic E-state index is 12.2. The van der Waals surface area contributed by atoms with E-state index in [0.29, 0.717) is 18.2 Å². The predicted octanol–water partition coefficient (Wildman–Crippen LogP) is 2.17. The van der Waals surface area contributed by atoms with Crippen molar-refractivity contribution in [1.82, 2.24) is 25.5 Å². The number of rotatable bonds is 7. The molecule has 1 amide bonds. The van der Waals surface area contributed by atoms with Gasteiger partial charge < -0.3 is 9.73 Å². The summed E-state index contributed by atoms with van der Waals surface area (Å²) < 4.78 is 6.91. The fourth-order valence-corrected chi connectivity index (χ4v) is 3.33. The van der Waals surface area contributed by atoms with Crippen LogP contribution in [0, 0.1) is 0 Å². The van der Waals surface area contributed by atoms with E-state index in [2.05, 4.69) is 20.8 Å². The van der Waals surface area contributed by atoms with E-state index in [4.69, 9.17) is 4.42 Å². The van der Waals surface area contributed by atoms with Gasteiger partial charge in [-0.3, -0.25) is 4.79 Å². The van der Waals surface area contributed by atoms with E-state index in [-0.39, 0.29) is 11.2 Å².